The molecule has 3 aromatic rings. The van der Waals surface area contributed by atoms with Crippen LogP contribution in [0.1, 0.15) is 12.5 Å². The van der Waals surface area contributed by atoms with E-state index in [2.05, 4.69) is 10.3 Å². The number of aromatic nitrogens is 2. The van der Waals surface area contributed by atoms with Crippen molar-refractivity contribution in [3.63, 3.8) is 0 Å². The van der Waals surface area contributed by atoms with Crippen LogP contribution in [0.2, 0.25) is 0 Å². The van der Waals surface area contributed by atoms with Crippen LogP contribution in [0.4, 0.5) is 5.82 Å². The Balaban J connectivity index is 2.01. The van der Waals surface area contributed by atoms with Gasteiger partial charge in [0.25, 0.3) is 0 Å². The van der Waals surface area contributed by atoms with Crippen molar-refractivity contribution >= 4 is 17.4 Å². The lowest BCUT2D eigenvalue weighted by Crippen LogP contribution is -2.17. The maximum atomic E-state index is 11.6. The van der Waals surface area contributed by atoms with Gasteiger partial charge in [0, 0.05) is 11.8 Å². The Labute approximate surface area is 127 Å². The molecule has 0 aliphatic heterocycles. The molecule has 0 aliphatic carbocycles. The number of nitrogens with one attached hydrogen (secondary N) is 1. The first-order valence-corrected chi connectivity index (χ1v) is 7.10. The van der Waals surface area contributed by atoms with E-state index in [-0.39, 0.29) is 12.5 Å². The van der Waals surface area contributed by atoms with E-state index in [4.69, 9.17) is 9.15 Å². The molecule has 0 aromatic carbocycles. The predicted molar refractivity (Wildman–Crippen MR) is 82.8 cm³/mol. The first kappa shape index (κ1) is 14.2. The Morgan fingerprint density at radius 3 is 3.05 bits per heavy atom. The highest BCUT2D eigenvalue weighted by atomic mass is 16.5. The zero-order valence-electron chi connectivity index (χ0n) is 12.5. The second-order valence-electron chi connectivity index (χ2n) is 4.91. The number of hydrogen-bond acceptors (Lipinski definition) is 5. The van der Waals surface area contributed by atoms with Gasteiger partial charge in [0.05, 0.1) is 19.1 Å². The lowest BCUT2D eigenvalue weighted by atomic mass is 10.2. The molecule has 0 atom stereocenters. The summed E-state index contributed by atoms with van der Waals surface area (Å²) in [6.07, 6.45) is 5.15. The summed E-state index contributed by atoms with van der Waals surface area (Å²) in [5.41, 5.74) is 3.52. The average Bonchev–Trinajstić information content (AvgIpc) is 3.12. The van der Waals surface area contributed by atoms with Crippen molar-refractivity contribution in [3.8, 4) is 11.3 Å². The Bertz CT molecular complexity index is 790. The van der Waals surface area contributed by atoms with Crippen LogP contribution < -0.4 is 5.32 Å². The minimum atomic E-state index is -0.303. The number of anilines is 1. The first-order chi connectivity index (χ1) is 10.7. The van der Waals surface area contributed by atoms with Gasteiger partial charge in [-0.1, -0.05) is 0 Å². The normalized spacial score (nSPS) is 10.8. The molecule has 0 amide bonds. The zero-order chi connectivity index (χ0) is 15.5. The standard InChI is InChI=1S/C16H17N3O3/c1-3-22-14(20)9-17-16-15(12-5-7-21-10-12)18-13-8-11(2)4-6-19(13)16/h4-8,10,17H,3,9H2,1-2H3. The number of imidazole rings is 1. The summed E-state index contributed by atoms with van der Waals surface area (Å²) in [6.45, 7) is 4.24. The zero-order valence-corrected chi connectivity index (χ0v) is 12.5. The van der Waals surface area contributed by atoms with Crippen molar-refractivity contribution in [1.82, 2.24) is 9.38 Å². The molecule has 3 rings (SSSR count). The minimum absolute atomic E-state index is 0.0837. The number of nitrogens with zero attached hydrogens (tertiary/aromatic N) is 2. The molecule has 1 N–H and O–H groups in total. The molecule has 0 spiro atoms. The number of furan rings is 1. The molecule has 0 fully saturated rings. The smallest absolute Gasteiger partial charge is 0.325 e. The fourth-order valence-electron chi connectivity index (χ4n) is 2.28. The summed E-state index contributed by atoms with van der Waals surface area (Å²) in [6, 6.07) is 5.81. The summed E-state index contributed by atoms with van der Waals surface area (Å²) in [7, 11) is 0. The lowest BCUT2D eigenvalue weighted by molar-refractivity contribution is -0.140. The molecule has 3 aromatic heterocycles. The van der Waals surface area contributed by atoms with E-state index in [1.54, 1.807) is 19.5 Å². The largest absolute Gasteiger partial charge is 0.472 e. The summed E-state index contributed by atoms with van der Waals surface area (Å²) in [5, 5.41) is 3.11. The van der Waals surface area contributed by atoms with Crippen LogP contribution in [0.3, 0.4) is 0 Å². The SMILES string of the molecule is CCOC(=O)CNc1c(-c2ccoc2)nc2cc(C)ccn12. The van der Waals surface area contributed by atoms with Gasteiger partial charge in [-0.05, 0) is 37.6 Å². The van der Waals surface area contributed by atoms with Crippen LogP contribution in [0, 0.1) is 6.92 Å². The quantitative estimate of drug-likeness (QED) is 0.734. The monoisotopic (exact) mass is 299 g/mol. The van der Waals surface area contributed by atoms with E-state index in [0.717, 1.165) is 28.3 Å². The number of rotatable bonds is 5. The average molecular weight is 299 g/mol. The summed E-state index contributed by atoms with van der Waals surface area (Å²) in [4.78, 5) is 16.2. The third kappa shape index (κ3) is 2.67. The number of aryl methyl sites for hydroxylation is 1. The van der Waals surface area contributed by atoms with E-state index >= 15 is 0 Å². The second kappa shape index (κ2) is 5.93. The first-order valence-electron chi connectivity index (χ1n) is 7.10. The molecule has 0 aliphatic rings. The predicted octanol–water partition coefficient (Wildman–Crippen LogP) is 2.88. The third-order valence-corrected chi connectivity index (χ3v) is 3.28. The number of fused-ring (bicyclic) bond motifs is 1. The van der Waals surface area contributed by atoms with E-state index in [1.165, 1.54) is 0 Å². The van der Waals surface area contributed by atoms with Crippen LogP contribution in [0.5, 0.6) is 0 Å². The van der Waals surface area contributed by atoms with Crippen molar-refractivity contribution in [2.75, 3.05) is 18.5 Å². The lowest BCUT2D eigenvalue weighted by Gasteiger charge is -2.07. The van der Waals surface area contributed by atoms with Gasteiger partial charge in [-0.3, -0.25) is 9.20 Å². The van der Waals surface area contributed by atoms with E-state index in [0.29, 0.717) is 6.61 Å². The van der Waals surface area contributed by atoms with Gasteiger partial charge in [0.15, 0.2) is 0 Å². The van der Waals surface area contributed by atoms with Gasteiger partial charge in [-0.15, -0.1) is 0 Å². The Kier molecular flexibility index (Phi) is 3.82. The minimum Gasteiger partial charge on any atom is -0.472 e. The number of ether oxygens (including phenoxy) is 1. The van der Waals surface area contributed by atoms with Gasteiger partial charge < -0.3 is 14.5 Å². The molecule has 114 valence electrons. The fourth-order valence-corrected chi connectivity index (χ4v) is 2.28. The Hall–Kier alpha value is -2.76. The molecule has 6 nitrogen and oxygen atoms in total. The molecular weight excluding hydrogens is 282 g/mol. The van der Waals surface area contributed by atoms with Gasteiger partial charge in [0.1, 0.15) is 23.7 Å². The van der Waals surface area contributed by atoms with Crippen molar-refractivity contribution in [3.05, 3.63) is 42.5 Å². The van der Waals surface area contributed by atoms with Crippen LogP contribution in [-0.2, 0) is 9.53 Å². The summed E-state index contributed by atoms with van der Waals surface area (Å²) in [5.74, 6) is 0.437. The van der Waals surface area contributed by atoms with Gasteiger partial charge in [-0.2, -0.15) is 0 Å². The fraction of sp³-hybridized carbons (Fsp3) is 0.250. The molecular formula is C16H17N3O3. The molecule has 3 heterocycles. The molecule has 22 heavy (non-hydrogen) atoms. The highest BCUT2D eigenvalue weighted by Gasteiger charge is 2.16. The van der Waals surface area contributed by atoms with Crippen molar-refractivity contribution < 1.29 is 13.9 Å². The van der Waals surface area contributed by atoms with Gasteiger partial charge in [-0.25, -0.2) is 4.98 Å². The van der Waals surface area contributed by atoms with Crippen LogP contribution in [0.25, 0.3) is 16.9 Å². The van der Waals surface area contributed by atoms with E-state index < -0.39 is 0 Å². The number of carbonyl (C=O) groups excluding carboxylic acids is 1. The van der Waals surface area contributed by atoms with Crippen molar-refractivity contribution in [2.45, 2.75) is 13.8 Å². The maximum absolute atomic E-state index is 11.6. The molecule has 0 bridgehead atoms. The third-order valence-electron chi connectivity index (χ3n) is 3.28. The van der Waals surface area contributed by atoms with E-state index in [9.17, 15) is 4.79 Å². The molecule has 6 heteroatoms. The topological polar surface area (TPSA) is 68.8 Å². The number of esters is 1. The number of carbonyl (C=O) groups is 1. The maximum Gasteiger partial charge on any atom is 0.325 e. The summed E-state index contributed by atoms with van der Waals surface area (Å²) >= 11 is 0. The van der Waals surface area contributed by atoms with Gasteiger partial charge >= 0.3 is 5.97 Å². The van der Waals surface area contributed by atoms with Crippen molar-refractivity contribution in [1.29, 1.82) is 0 Å². The molecule has 0 saturated heterocycles. The molecule has 0 radical (unpaired) electrons. The number of hydrogen-bond donors (Lipinski definition) is 1. The van der Waals surface area contributed by atoms with Crippen LogP contribution in [0.15, 0.2) is 41.3 Å². The Morgan fingerprint density at radius 1 is 1.45 bits per heavy atom. The second-order valence-corrected chi connectivity index (χ2v) is 4.91. The molecule has 0 saturated carbocycles. The van der Waals surface area contributed by atoms with Crippen LogP contribution in [-0.4, -0.2) is 28.5 Å². The number of pyridine rings is 1. The summed E-state index contributed by atoms with van der Waals surface area (Å²) < 4.78 is 12.0. The highest BCUT2D eigenvalue weighted by Crippen LogP contribution is 2.29. The van der Waals surface area contributed by atoms with E-state index in [1.807, 2.05) is 35.7 Å². The Morgan fingerprint density at radius 2 is 2.32 bits per heavy atom. The van der Waals surface area contributed by atoms with Crippen molar-refractivity contribution in [2.24, 2.45) is 0 Å². The van der Waals surface area contributed by atoms with Gasteiger partial charge in [0.2, 0.25) is 0 Å². The molecule has 0 unspecified atom stereocenters. The van der Waals surface area contributed by atoms with Crippen LogP contribution >= 0.6 is 0 Å². The highest BCUT2D eigenvalue weighted by molar-refractivity contribution is 5.80.